The Morgan fingerprint density at radius 2 is 2.00 bits per heavy atom. The van der Waals surface area contributed by atoms with E-state index in [0.717, 1.165) is 19.5 Å². The van der Waals surface area contributed by atoms with E-state index in [4.69, 9.17) is 11.0 Å². The molecular formula is C16H18N4. The molecule has 1 heterocycles. The Labute approximate surface area is 119 Å². The second-order valence-corrected chi connectivity index (χ2v) is 4.61. The van der Waals surface area contributed by atoms with Gasteiger partial charge in [0.2, 0.25) is 0 Å². The third-order valence-electron chi connectivity index (χ3n) is 3.10. The van der Waals surface area contributed by atoms with Crippen LogP contribution >= 0.6 is 0 Å². The van der Waals surface area contributed by atoms with Crippen molar-refractivity contribution < 1.29 is 0 Å². The minimum absolute atomic E-state index is 0.458. The maximum absolute atomic E-state index is 9.07. The van der Waals surface area contributed by atoms with Crippen molar-refractivity contribution in [1.82, 2.24) is 4.98 Å². The SMILES string of the molecule is CCCN(Cc1ccccc1)c1nccc(C#N)c1N. The van der Waals surface area contributed by atoms with Crippen LogP contribution < -0.4 is 10.6 Å². The van der Waals surface area contributed by atoms with Gasteiger partial charge in [-0.2, -0.15) is 5.26 Å². The van der Waals surface area contributed by atoms with Gasteiger partial charge in [-0.05, 0) is 18.1 Å². The zero-order valence-corrected chi connectivity index (χ0v) is 11.6. The number of nitrogen functional groups attached to an aromatic ring is 1. The summed E-state index contributed by atoms with van der Waals surface area (Å²) in [7, 11) is 0. The molecule has 0 fully saturated rings. The quantitative estimate of drug-likeness (QED) is 0.903. The fraction of sp³-hybridized carbons (Fsp3) is 0.250. The average molecular weight is 266 g/mol. The fourth-order valence-electron chi connectivity index (χ4n) is 2.15. The molecule has 4 nitrogen and oxygen atoms in total. The Balaban J connectivity index is 2.32. The molecule has 0 saturated carbocycles. The Kier molecular flexibility index (Phi) is 4.56. The van der Waals surface area contributed by atoms with Gasteiger partial charge in [-0.1, -0.05) is 37.3 Å². The number of rotatable bonds is 5. The lowest BCUT2D eigenvalue weighted by atomic mass is 10.2. The Hall–Kier alpha value is -2.54. The molecule has 0 bridgehead atoms. The summed E-state index contributed by atoms with van der Waals surface area (Å²) in [5.41, 5.74) is 8.18. The highest BCUT2D eigenvalue weighted by atomic mass is 15.2. The summed E-state index contributed by atoms with van der Waals surface area (Å²) >= 11 is 0. The molecule has 0 amide bonds. The van der Waals surface area contributed by atoms with E-state index < -0.39 is 0 Å². The summed E-state index contributed by atoms with van der Waals surface area (Å²) in [6, 6.07) is 13.9. The van der Waals surface area contributed by atoms with Crippen molar-refractivity contribution in [3.63, 3.8) is 0 Å². The summed E-state index contributed by atoms with van der Waals surface area (Å²) < 4.78 is 0. The van der Waals surface area contributed by atoms with E-state index in [-0.39, 0.29) is 0 Å². The van der Waals surface area contributed by atoms with Crippen LogP contribution in [-0.4, -0.2) is 11.5 Å². The van der Waals surface area contributed by atoms with Crippen molar-refractivity contribution in [1.29, 1.82) is 5.26 Å². The molecule has 0 aliphatic heterocycles. The van der Waals surface area contributed by atoms with E-state index in [1.807, 2.05) is 18.2 Å². The van der Waals surface area contributed by atoms with Gasteiger partial charge in [-0.3, -0.25) is 0 Å². The first kappa shape index (κ1) is 13.9. The lowest BCUT2D eigenvalue weighted by molar-refractivity contribution is 0.756. The lowest BCUT2D eigenvalue weighted by Crippen LogP contribution is -2.25. The minimum Gasteiger partial charge on any atom is -0.395 e. The van der Waals surface area contributed by atoms with Crippen molar-refractivity contribution in [2.24, 2.45) is 0 Å². The third kappa shape index (κ3) is 3.07. The van der Waals surface area contributed by atoms with E-state index in [0.29, 0.717) is 17.1 Å². The van der Waals surface area contributed by atoms with Crippen LogP contribution in [0.25, 0.3) is 0 Å². The molecule has 102 valence electrons. The van der Waals surface area contributed by atoms with Gasteiger partial charge in [0, 0.05) is 19.3 Å². The first-order chi connectivity index (χ1) is 9.76. The highest BCUT2D eigenvalue weighted by Gasteiger charge is 2.13. The smallest absolute Gasteiger partial charge is 0.153 e. The lowest BCUT2D eigenvalue weighted by Gasteiger charge is -2.24. The largest absolute Gasteiger partial charge is 0.395 e. The summed E-state index contributed by atoms with van der Waals surface area (Å²) in [6.45, 7) is 3.70. The Bertz CT molecular complexity index is 602. The van der Waals surface area contributed by atoms with Crippen LogP contribution in [0.5, 0.6) is 0 Å². The molecule has 20 heavy (non-hydrogen) atoms. The molecule has 0 atom stereocenters. The second-order valence-electron chi connectivity index (χ2n) is 4.61. The zero-order chi connectivity index (χ0) is 14.4. The van der Waals surface area contributed by atoms with E-state index >= 15 is 0 Å². The molecule has 2 rings (SSSR count). The molecule has 1 aromatic carbocycles. The van der Waals surface area contributed by atoms with Gasteiger partial charge >= 0.3 is 0 Å². The molecule has 0 unspecified atom stereocenters. The Morgan fingerprint density at radius 3 is 2.65 bits per heavy atom. The van der Waals surface area contributed by atoms with E-state index in [1.54, 1.807) is 12.3 Å². The van der Waals surface area contributed by atoms with Crippen LogP contribution in [0.1, 0.15) is 24.5 Å². The van der Waals surface area contributed by atoms with E-state index in [2.05, 4.69) is 35.0 Å². The van der Waals surface area contributed by atoms with Crippen LogP contribution in [0.3, 0.4) is 0 Å². The number of hydrogen-bond acceptors (Lipinski definition) is 4. The number of nitrogens with two attached hydrogens (primary N) is 1. The molecule has 2 N–H and O–H groups in total. The molecule has 4 heteroatoms. The molecule has 2 aromatic rings. The standard InChI is InChI=1S/C16H18N4/c1-2-10-20(12-13-6-4-3-5-7-13)16-15(18)14(11-17)8-9-19-16/h3-9H,2,10,12,18H2,1H3. The van der Waals surface area contributed by atoms with Crippen molar-refractivity contribution in [3.8, 4) is 6.07 Å². The maximum Gasteiger partial charge on any atom is 0.153 e. The van der Waals surface area contributed by atoms with E-state index in [1.165, 1.54) is 5.56 Å². The summed E-state index contributed by atoms with van der Waals surface area (Å²) in [4.78, 5) is 6.47. The van der Waals surface area contributed by atoms with Gasteiger partial charge in [0.1, 0.15) is 6.07 Å². The minimum atomic E-state index is 0.458. The molecule has 0 saturated heterocycles. The predicted molar refractivity (Wildman–Crippen MR) is 81.1 cm³/mol. The molecule has 0 aliphatic carbocycles. The van der Waals surface area contributed by atoms with Gasteiger partial charge in [0.15, 0.2) is 5.82 Å². The van der Waals surface area contributed by atoms with Crippen molar-refractivity contribution in [2.75, 3.05) is 17.2 Å². The number of hydrogen-bond donors (Lipinski definition) is 1. The molecule has 0 radical (unpaired) electrons. The number of benzene rings is 1. The number of pyridine rings is 1. The molecule has 0 aliphatic rings. The number of nitrogens with zero attached hydrogens (tertiary/aromatic N) is 3. The van der Waals surface area contributed by atoms with Gasteiger partial charge in [-0.25, -0.2) is 4.98 Å². The number of nitriles is 1. The average Bonchev–Trinajstić information content (AvgIpc) is 2.48. The topological polar surface area (TPSA) is 65.9 Å². The van der Waals surface area contributed by atoms with Crippen molar-refractivity contribution in [2.45, 2.75) is 19.9 Å². The first-order valence-electron chi connectivity index (χ1n) is 6.69. The van der Waals surface area contributed by atoms with Crippen LogP contribution in [0, 0.1) is 11.3 Å². The summed E-state index contributed by atoms with van der Waals surface area (Å²) in [5, 5.41) is 9.07. The number of anilines is 2. The van der Waals surface area contributed by atoms with E-state index in [9.17, 15) is 0 Å². The Morgan fingerprint density at radius 1 is 1.25 bits per heavy atom. The summed E-state index contributed by atoms with van der Waals surface area (Å²) in [5.74, 6) is 0.690. The van der Waals surface area contributed by atoms with Gasteiger partial charge in [-0.15, -0.1) is 0 Å². The monoisotopic (exact) mass is 266 g/mol. The van der Waals surface area contributed by atoms with Gasteiger partial charge < -0.3 is 10.6 Å². The highest BCUT2D eigenvalue weighted by molar-refractivity contribution is 5.70. The maximum atomic E-state index is 9.07. The highest BCUT2D eigenvalue weighted by Crippen LogP contribution is 2.25. The van der Waals surface area contributed by atoms with Gasteiger partial charge in [0.05, 0.1) is 11.3 Å². The normalized spacial score (nSPS) is 10.0. The number of aromatic nitrogens is 1. The fourth-order valence-corrected chi connectivity index (χ4v) is 2.15. The summed E-state index contributed by atoms with van der Waals surface area (Å²) in [6.07, 6.45) is 2.63. The van der Waals surface area contributed by atoms with Crippen LogP contribution in [0.15, 0.2) is 42.6 Å². The van der Waals surface area contributed by atoms with Crippen LogP contribution in [0.2, 0.25) is 0 Å². The van der Waals surface area contributed by atoms with Gasteiger partial charge in [0.25, 0.3) is 0 Å². The predicted octanol–water partition coefficient (Wildman–Crippen LogP) is 2.95. The molecular weight excluding hydrogens is 248 g/mol. The van der Waals surface area contributed by atoms with Crippen molar-refractivity contribution in [3.05, 3.63) is 53.7 Å². The second kappa shape index (κ2) is 6.58. The zero-order valence-electron chi connectivity index (χ0n) is 11.6. The van der Waals surface area contributed by atoms with Crippen molar-refractivity contribution >= 4 is 11.5 Å². The van der Waals surface area contributed by atoms with Crippen LogP contribution in [-0.2, 0) is 6.54 Å². The molecule has 1 aromatic heterocycles. The first-order valence-corrected chi connectivity index (χ1v) is 6.69. The molecule has 0 spiro atoms. The van der Waals surface area contributed by atoms with Crippen LogP contribution in [0.4, 0.5) is 11.5 Å². The third-order valence-corrected chi connectivity index (χ3v) is 3.10.